The number of ether oxygens (including phenoxy) is 1. The van der Waals surface area contributed by atoms with Gasteiger partial charge in [0.15, 0.2) is 0 Å². The Kier molecular flexibility index (Phi) is 5.74. The largest absolute Gasteiger partial charge is 0.494 e. The van der Waals surface area contributed by atoms with Crippen molar-refractivity contribution in [1.29, 1.82) is 0 Å². The van der Waals surface area contributed by atoms with Crippen LogP contribution < -0.4 is 10.1 Å². The van der Waals surface area contributed by atoms with Gasteiger partial charge in [-0.05, 0) is 31.5 Å². The molecule has 2 aromatic rings. The third kappa shape index (κ3) is 3.96. The van der Waals surface area contributed by atoms with E-state index in [9.17, 15) is 28.1 Å². The average molecular weight is 433 g/mol. The van der Waals surface area contributed by atoms with Gasteiger partial charge in [0.25, 0.3) is 15.7 Å². The molecule has 0 saturated carbocycles. The monoisotopic (exact) mass is 433 g/mol. The van der Waals surface area contributed by atoms with Gasteiger partial charge in [-0.2, -0.15) is 0 Å². The average Bonchev–Trinajstić information content (AvgIpc) is 3.11. The van der Waals surface area contributed by atoms with Crippen LogP contribution in [0.3, 0.4) is 0 Å². The fourth-order valence-corrected chi connectivity index (χ4v) is 4.74. The summed E-state index contributed by atoms with van der Waals surface area (Å²) in [5.74, 6) is -1.37. The number of aryl methyl sites for hydroxylation is 1. The molecule has 1 saturated heterocycles. The van der Waals surface area contributed by atoms with Crippen LogP contribution in [0.15, 0.2) is 47.4 Å². The van der Waals surface area contributed by atoms with E-state index in [0.717, 1.165) is 11.6 Å². The highest BCUT2D eigenvalue weighted by atomic mass is 32.2. The fourth-order valence-electron chi connectivity index (χ4n) is 3.14. The van der Waals surface area contributed by atoms with Crippen LogP contribution in [0.25, 0.3) is 0 Å². The van der Waals surface area contributed by atoms with E-state index in [4.69, 9.17) is 4.74 Å². The van der Waals surface area contributed by atoms with Crippen molar-refractivity contribution in [1.82, 2.24) is 4.31 Å². The number of rotatable bonds is 6. The number of carbonyl (C=O) groups excluding carboxylic acids is 2. The second-order valence-corrected chi connectivity index (χ2v) is 8.51. The van der Waals surface area contributed by atoms with Gasteiger partial charge in [0.1, 0.15) is 11.8 Å². The Labute approximate surface area is 172 Å². The van der Waals surface area contributed by atoms with E-state index in [0.29, 0.717) is 4.31 Å². The van der Waals surface area contributed by atoms with Crippen molar-refractivity contribution in [3.05, 3.63) is 58.1 Å². The van der Waals surface area contributed by atoms with Crippen LogP contribution in [0.2, 0.25) is 0 Å². The third-order valence-corrected chi connectivity index (χ3v) is 6.54. The Morgan fingerprint density at radius 2 is 1.90 bits per heavy atom. The zero-order valence-corrected chi connectivity index (χ0v) is 17.0. The standard InChI is InChI=1S/C19H19N3O7S/c1-12-3-6-14(7-4-12)30(27,28)21-16(9-10-18(21)23)19(24)20-15-8-5-13(22(25)26)11-17(15)29-2/h3-8,11,16H,9-10H2,1-2H3,(H,20,24)/t16-/m0/s1. The number of sulfonamides is 1. The minimum absolute atomic E-state index is 0.0189. The zero-order chi connectivity index (χ0) is 22.1. The van der Waals surface area contributed by atoms with Crippen LogP contribution in [-0.4, -0.2) is 42.6 Å². The minimum Gasteiger partial charge on any atom is -0.494 e. The quantitative estimate of drug-likeness (QED) is 0.545. The Morgan fingerprint density at radius 3 is 2.50 bits per heavy atom. The van der Waals surface area contributed by atoms with E-state index in [1.54, 1.807) is 19.1 Å². The van der Waals surface area contributed by atoms with Crippen molar-refractivity contribution in [3.8, 4) is 5.75 Å². The second kappa shape index (κ2) is 8.11. The highest BCUT2D eigenvalue weighted by Crippen LogP contribution is 2.32. The molecule has 1 N–H and O–H groups in total. The Balaban J connectivity index is 1.89. The predicted octanol–water partition coefficient (Wildman–Crippen LogP) is 2.23. The summed E-state index contributed by atoms with van der Waals surface area (Å²) in [4.78, 5) is 35.4. The molecular formula is C19H19N3O7S. The van der Waals surface area contributed by atoms with Gasteiger partial charge in [0.2, 0.25) is 11.8 Å². The highest BCUT2D eigenvalue weighted by Gasteiger charge is 2.44. The van der Waals surface area contributed by atoms with Gasteiger partial charge in [-0.3, -0.25) is 19.7 Å². The number of amides is 2. The molecule has 30 heavy (non-hydrogen) atoms. The molecule has 3 rings (SSSR count). The molecule has 1 atom stereocenters. The van der Waals surface area contributed by atoms with E-state index >= 15 is 0 Å². The maximum absolute atomic E-state index is 13.0. The van der Waals surface area contributed by atoms with Crippen LogP contribution in [-0.2, 0) is 19.6 Å². The minimum atomic E-state index is -4.22. The lowest BCUT2D eigenvalue weighted by Crippen LogP contribution is -2.45. The molecule has 0 aliphatic carbocycles. The summed E-state index contributed by atoms with van der Waals surface area (Å²) in [7, 11) is -2.94. The number of nitrogens with zero attached hydrogens (tertiary/aromatic N) is 2. The molecule has 0 spiro atoms. The van der Waals surface area contributed by atoms with Crippen LogP contribution >= 0.6 is 0 Å². The third-order valence-electron chi connectivity index (χ3n) is 4.69. The smallest absolute Gasteiger partial charge is 0.273 e. The first-order chi connectivity index (χ1) is 14.1. The van der Waals surface area contributed by atoms with E-state index in [1.165, 1.54) is 31.4 Å². The summed E-state index contributed by atoms with van der Waals surface area (Å²) in [5, 5.41) is 13.4. The molecule has 10 nitrogen and oxygen atoms in total. The molecule has 1 fully saturated rings. The molecule has 2 amide bonds. The number of nitro groups is 1. The van der Waals surface area contributed by atoms with Crippen LogP contribution in [0.1, 0.15) is 18.4 Å². The lowest BCUT2D eigenvalue weighted by molar-refractivity contribution is -0.384. The van der Waals surface area contributed by atoms with Gasteiger partial charge in [0.05, 0.1) is 28.7 Å². The molecule has 158 valence electrons. The van der Waals surface area contributed by atoms with E-state index in [1.807, 2.05) is 0 Å². The molecule has 1 aliphatic rings. The Hall–Kier alpha value is -3.47. The van der Waals surface area contributed by atoms with Gasteiger partial charge in [0, 0.05) is 12.5 Å². The van der Waals surface area contributed by atoms with Gasteiger partial charge >= 0.3 is 0 Å². The maximum Gasteiger partial charge on any atom is 0.273 e. The van der Waals surface area contributed by atoms with Crippen LogP contribution in [0.5, 0.6) is 5.75 Å². The summed E-state index contributed by atoms with van der Waals surface area (Å²) in [6, 6.07) is 8.31. The summed E-state index contributed by atoms with van der Waals surface area (Å²) in [6.07, 6.45) is -0.0777. The van der Waals surface area contributed by atoms with Gasteiger partial charge in [-0.25, -0.2) is 12.7 Å². The SMILES string of the molecule is COc1cc([N+](=O)[O-])ccc1NC(=O)[C@@H]1CCC(=O)N1S(=O)(=O)c1ccc(C)cc1. The molecule has 0 aromatic heterocycles. The number of anilines is 1. The molecule has 1 aliphatic heterocycles. The van der Waals surface area contributed by atoms with Gasteiger partial charge in [-0.1, -0.05) is 17.7 Å². The zero-order valence-electron chi connectivity index (χ0n) is 16.2. The number of nitrogens with one attached hydrogen (secondary N) is 1. The number of non-ortho nitro benzene ring substituents is 1. The van der Waals surface area contributed by atoms with Crippen molar-refractivity contribution in [2.24, 2.45) is 0 Å². The number of benzene rings is 2. The van der Waals surface area contributed by atoms with Crippen molar-refractivity contribution in [2.75, 3.05) is 12.4 Å². The number of hydrogen-bond donors (Lipinski definition) is 1. The maximum atomic E-state index is 13.0. The summed E-state index contributed by atoms with van der Waals surface area (Å²) >= 11 is 0. The fraction of sp³-hybridized carbons (Fsp3) is 0.263. The van der Waals surface area contributed by atoms with Crippen molar-refractivity contribution in [2.45, 2.75) is 30.7 Å². The van der Waals surface area contributed by atoms with Crippen LogP contribution in [0, 0.1) is 17.0 Å². The molecule has 0 radical (unpaired) electrons. The lowest BCUT2D eigenvalue weighted by atomic mass is 10.2. The van der Waals surface area contributed by atoms with Gasteiger partial charge < -0.3 is 10.1 Å². The van der Waals surface area contributed by atoms with Crippen LogP contribution in [0.4, 0.5) is 11.4 Å². The second-order valence-electron chi connectivity index (χ2n) is 6.69. The summed E-state index contributed by atoms with van der Waals surface area (Å²) in [5.41, 5.74) is 0.742. The number of methoxy groups -OCH3 is 1. The van der Waals surface area contributed by atoms with Gasteiger partial charge in [-0.15, -0.1) is 0 Å². The molecular weight excluding hydrogens is 414 g/mol. The number of hydrogen-bond acceptors (Lipinski definition) is 7. The van der Waals surface area contributed by atoms with Crippen molar-refractivity contribution >= 4 is 33.2 Å². The van der Waals surface area contributed by atoms with Crippen molar-refractivity contribution in [3.63, 3.8) is 0 Å². The topological polar surface area (TPSA) is 136 Å². The number of nitro benzene ring substituents is 1. The Morgan fingerprint density at radius 1 is 1.23 bits per heavy atom. The first-order valence-corrected chi connectivity index (χ1v) is 10.4. The van der Waals surface area contributed by atoms with Crippen molar-refractivity contribution < 1.29 is 27.7 Å². The Bertz CT molecular complexity index is 1110. The summed E-state index contributed by atoms with van der Waals surface area (Å²) in [6.45, 7) is 1.80. The molecule has 0 unspecified atom stereocenters. The first-order valence-electron chi connectivity index (χ1n) is 8.92. The van der Waals surface area contributed by atoms with E-state index < -0.39 is 32.8 Å². The molecule has 0 bridgehead atoms. The molecule has 2 aromatic carbocycles. The van der Waals surface area contributed by atoms with E-state index in [2.05, 4.69) is 5.32 Å². The highest BCUT2D eigenvalue weighted by molar-refractivity contribution is 7.89. The molecule has 1 heterocycles. The lowest BCUT2D eigenvalue weighted by Gasteiger charge is -2.24. The normalized spacial score (nSPS) is 16.4. The predicted molar refractivity (Wildman–Crippen MR) is 107 cm³/mol. The molecule has 11 heteroatoms. The first kappa shape index (κ1) is 21.2. The van der Waals surface area contributed by atoms with E-state index in [-0.39, 0.29) is 34.9 Å². The summed E-state index contributed by atoms with van der Waals surface area (Å²) < 4.78 is 31.7. The number of carbonyl (C=O) groups is 2.